The molecule has 68 valence electrons. The normalized spacial score (nSPS) is 16.4. The Morgan fingerprint density at radius 3 is 2.83 bits per heavy atom. The smallest absolute Gasteiger partial charge is 0.317 e. The topological polar surface area (TPSA) is 32.3 Å². The number of urea groups is 1. The van der Waals surface area contributed by atoms with Crippen molar-refractivity contribution in [2.45, 2.75) is 25.3 Å². The molecule has 0 bridgehead atoms. The standard InChI is InChI=1S/C9H16N2O/c1-3-7-11(2)9(12)10-8-5-4-6-8/h3,8H,1,4-7H2,2H3,(H,10,12). The van der Waals surface area contributed by atoms with E-state index in [0.717, 1.165) is 12.8 Å². The predicted octanol–water partition coefficient (Wildman–Crippen LogP) is 1.37. The van der Waals surface area contributed by atoms with Crippen LogP contribution in [0.3, 0.4) is 0 Å². The fourth-order valence-electron chi connectivity index (χ4n) is 1.11. The molecule has 1 aliphatic carbocycles. The number of hydrogen-bond donors (Lipinski definition) is 1. The van der Waals surface area contributed by atoms with Gasteiger partial charge in [-0.1, -0.05) is 6.08 Å². The van der Waals surface area contributed by atoms with Crippen molar-refractivity contribution in [2.24, 2.45) is 0 Å². The molecule has 0 aliphatic heterocycles. The van der Waals surface area contributed by atoms with Crippen molar-refractivity contribution in [3.05, 3.63) is 12.7 Å². The van der Waals surface area contributed by atoms with Gasteiger partial charge in [-0.3, -0.25) is 0 Å². The van der Waals surface area contributed by atoms with Gasteiger partial charge in [0.25, 0.3) is 0 Å². The minimum absolute atomic E-state index is 0.0135. The van der Waals surface area contributed by atoms with Gasteiger partial charge in [0.2, 0.25) is 0 Å². The average molecular weight is 168 g/mol. The Balaban J connectivity index is 2.21. The molecule has 3 nitrogen and oxygen atoms in total. The first-order chi connectivity index (χ1) is 5.74. The molecule has 0 spiro atoms. The summed E-state index contributed by atoms with van der Waals surface area (Å²) in [7, 11) is 1.77. The first-order valence-corrected chi connectivity index (χ1v) is 4.36. The lowest BCUT2D eigenvalue weighted by molar-refractivity contribution is 0.201. The molecule has 1 N–H and O–H groups in total. The van der Waals surface area contributed by atoms with E-state index in [1.807, 2.05) is 0 Å². The summed E-state index contributed by atoms with van der Waals surface area (Å²) >= 11 is 0. The largest absolute Gasteiger partial charge is 0.335 e. The van der Waals surface area contributed by atoms with Gasteiger partial charge in [-0.05, 0) is 19.3 Å². The van der Waals surface area contributed by atoms with E-state index in [9.17, 15) is 4.79 Å². The maximum Gasteiger partial charge on any atom is 0.317 e. The molecule has 0 aromatic carbocycles. The number of nitrogens with zero attached hydrogens (tertiary/aromatic N) is 1. The second kappa shape index (κ2) is 4.14. The van der Waals surface area contributed by atoms with Crippen LogP contribution in [0.4, 0.5) is 4.79 Å². The monoisotopic (exact) mass is 168 g/mol. The molecule has 1 aliphatic rings. The van der Waals surface area contributed by atoms with Crippen molar-refractivity contribution >= 4 is 6.03 Å². The maximum absolute atomic E-state index is 11.3. The van der Waals surface area contributed by atoms with Crippen molar-refractivity contribution in [2.75, 3.05) is 13.6 Å². The average Bonchev–Trinajstić information content (AvgIpc) is 1.97. The summed E-state index contributed by atoms with van der Waals surface area (Å²) in [6, 6.07) is 0.435. The van der Waals surface area contributed by atoms with Gasteiger partial charge < -0.3 is 10.2 Å². The molecular formula is C9H16N2O. The van der Waals surface area contributed by atoms with Crippen LogP contribution in [-0.2, 0) is 0 Å². The van der Waals surface area contributed by atoms with Gasteiger partial charge in [-0.15, -0.1) is 6.58 Å². The second-order valence-corrected chi connectivity index (χ2v) is 3.25. The van der Waals surface area contributed by atoms with Gasteiger partial charge in [-0.2, -0.15) is 0 Å². The van der Waals surface area contributed by atoms with Crippen LogP contribution in [0.5, 0.6) is 0 Å². The fraction of sp³-hybridized carbons (Fsp3) is 0.667. The van der Waals surface area contributed by atoms with Crippen molar-refractivity contribution in [1.82, 2.24) is 10.2 Å². The van der Waals surface area contributed by atoms with E-state index >= 15 is 0 Å². The lowest BCUT2D eigenvalue weighted by Gasteiger charge is -2.28. The highest BCUT2D eigenvalue weighted by Crippen LogP contribution is 2.17. The van der Waals surface area contributed by atoms with Crippen LogP contribution < -0.4 is 5.32 Å². The zero-order valence-corrected chi connectivity index (χ0v) is 7.55. The quantitative estimate of drug-likeness (QED) is 0.634. The van der Waals surface area contributed by atoms with Crippen LogP contribution >= 0.6 is 0 Å². The van der Waals surface area contributed by atoms with Crippen LogP contribution in [0.1, 0.15) is 19.3 Å². The van der Waals surface area contributed by atoms with E-state index in [1.165, 1.54) is 6.42 Å². The highest BCUT2D eigenvalue weighted by atomic mass is 16.2. The van der Waals surface area contributed by atoms with Crippen LogP contribution in [0.25, 0.3) is 0 Å². The third-order valence-corrected chi connectivity index (χ3v) is 2.18. The SMILES string of the molecule is C=CCN(C)C(=O)NC1CCC1. The zero-order valence-electron chi connectivity index (χ0n) is 7.55. The molecule has 0 aromatic rings. The molecule has 0 unspecified atom stereocenters. The van der Waals surface area contributed by atoms with E-state index in [2.05, 4.69) is 11.9 Å². The van der Waals surface area contributed by atoms with Crippen LogP contribution in [0, 0.1) is 0 Å². The molecule has 1 fully saturated rings. The summed E-state index contributed by atoms with van der Waals surface area (Å²) < 4.78 is 0. The van der Waals surface area contributed by atoms with Crippen LogP contribution in [0.2, 0.25) is 0 Å². The lowest BCUT2D eigenvalue weighted by Crippen LogP contribution is -2.45. The molecule has 1 saturated carbocycles. The summed E-state index contributed by atoms with van der Waals surface area (Å²) in [5, 5.41) is 2.94. The second-order valence-electron chi connectivity index (χ2n) is 3.25. The fourth-order valence-corrected chi connectivity index (χ4v) is 1.11. The van der Waals surface area contributed by atoms with Crippen molar-refractivity contribution in [1.29, 1.82) is 0 Å². The Bertz CT molecular complexity index is 175. The first-order valence-electron chi connectivity index (χ1n) is 4.36. The molecule has 12 heavy (non-hydrogen) atoms. The van der Waals surface area contributed by atoms with Crippen LogP contribution in [0.15, 0.2) is 12.7 Å². The summed E-state index contributed by atoms with van der Waals surface area (Å²) in [6.07, 6.45) is 5.23. The van der Waals surface area contributed by atoms with E-state index in [4.69, 9.17) is 0 Å². The lowest BCUT2D eigenvalue weighted by atomic mass is 9.93. The van der Waals surface area contributed by atoms with Crippen molar-refractivity contribution in [3.63, 3.8) is 0 Å². The maximum atomic E-state index is 11.3. The van der Waals surface area contributed by atoms with E-state index in [0.29, 0.717) is 12.6 Å². The summed E-state index contributed by atoms with van der Waals surface area (Å²) in [5.74, 6) is 0. The number of carbonyl (C=O) groups is 1. The Labute approximate surface area is 73.4 Å². The van der Waals surface area contributed by atoms with Crippen molar-refractivity contribution in [3.8, 4) is 0 Å². The molecular weight excluding hydrogens is 152 g/mol. The Kier molecular flexibility index (Phi) is 3.14. The number of hydrogen-bond acceptors (Lipinski definition) is 1. The molecule has 0 radical (unpaired) electrons. The Morgan fingerprint density at radius 2 is 2.42 bits per heavy atom. The minimum atomic E-state index is 0.0135. The number of nitrogens with one attached hydrogen (secondary N) is 1. The molecule has 2 amide bonds. The molecule has 3 heteroatoms. The molecule has 0 saturated heterocycles. The van der Waals surface area contributed by atoms with E-state index in [-0.39, 0.29) is 6.03 Å². The molecule has 0 atom stereocenters. The summed E-state index contributed by atoms with van der Waals surface area (Å²) in [5.41, 5.74) is 0. The summed E-state index contributed by atoms with van der Waals surface area (Å²) in [6.45, 7) is 4.18. The number of likely N-dealkylation sites (N-methyl/N-ethyl adjacent to an activating group) is 1. The van der Waals surface area contributed by atoms with Gasteiger partial charge in [0.15, 0.2) is 0 Å². The number of rotatable bonds is 3. The molecule has 0 heterocycles. The zero-order chi connectivity index (χ0) is 8.97. The van der Waals surface area contributed by atoms with Gasteiger partial charge in [0, 0.05) is 19.6 Å². The minimum Gasteiger partial charge on any atom is -0.335 e. The summed E-state index contributed by atoms with van der Waals surface area (Å²) in [4.78, 5) is 12.9. The highest BCUT2D eigenvalue weighted by Gasteiger charge is 2.20. The Hall–Kier alpha value is -0.990. The van der Waals surface area contributed by atoms with Crippen molar-refractivity contribution < 1.29 is 4.79 Å². The van der Waals surface area contributed by atoms with Gasteiger partial charge in [0.1, 0.15) is 0 Å². The molecule has 1 rings (SSSR count). The third kappa shape index (κ3) is 2.26. The number of amides is 2. The highest BCUT2D eigenvalue weighted by molar-refractivity contribution is 5.74. The predicted molar refractivity (Wildman–Crippen MR) is 49.0 cm³/mol. The van der Waals surface area contributed by atoms with Gasteiger partial charge in [-0.25, -0.2) is 4.79 Å². The van der Waals surface area contributed by atoms with Gasteiger partial charge in [0.05, 0.1) is 0 Å². The third-order valence-electron chi connectivity index (χ3n) is 2.18. The van der Waals surface area contributed by atoms with E-state index in [1.54, 1.807) is 18.0 Å². The molecule has 0 aromatic heterocycles. The van der Waals surface area contributed by atoms with Crippen LogP contribution in [-0.4, -0.2) is 30.6 Å². The first kappa shape index (κ1) is 9.10. The number of carbonyl (C=O) groups excluding carboxylic acids is 1. The van der Waals surface area contributed by atoms with Gasteiger partial charge >= 0.3 is 6.03 Å². The van der Waals surface area contributed by atoms with E-state index < -0.39 is 0 Å². The Morgan fingerprint density at radius 1 is 1.75 bits per heavy atom.